The first-order valence-corrected chi connectivity index (χ1v) is 5.44. The van der Waals surface area contributed by atoms with Crippen LogP contribution in [0, 0.1) is 0 Å². The molecule has 0 heterocycles. The van der Waals surface area contributed by atoms with Gasteiger partial charge in [-0.1, -0.05) is 13.3 Å². The second-order valence-electron chi connectivity index (χ2n) is 3.45. The fourth-order valence-electron chi connectivity index (χ4n) is 0.959. The van der Waals surface area contributed by atoms with Crippen LogP contribution in [0.25, 0.3) is 0 Å². The molecule has 0 aliphatic rings. The molecule has 0 amide bonds. The van der Waals surface area contributed by atoms with Gasteiger partial charge in [0.25, 0.3) is 0 Å². The van der Waals surface area contributed by atoms with Gasteiger partial charge in [0, 0.05) is 20.5 Å². The Morgan fingerprint density at radius 1 is 1.06 bits per heavy atom. The maximum absolute atomic E-state index is 10.6. The van der Waals surface area contributed by atoms with Crippen molar-refractivity contribution in [2.45, 2.75) is 39.7 Å². The smallest absolute Gasteiger partial charge is 0.302 e. The molecule has 5 nitrogen and oxygen atoms in total. The predicted octanol–water partition coefficient (Wildman–Crippen LogP) is 1.30. The molecule has 5 heteroatoms. The summed E-state index contributed by atoms with van der Waals surface area (Å²) in [7, 11) is 0. The second-order valence-corrected chi connectivity index (χ2v) is 3.45. The molecule has 0 atom stereocenters. The molecule has 0 fully saturated rings. The highest BCUT2D eigenvalue weighted by Gasteiger charge is 2.12. The minimum Gasteiger partial charge on any atom is -0.463 e. The Morgan fingerprint density at radius 3 is 1.94 bits per heavy atom. The molecule has 0 aromatic carbocycles. The molecular formula is C11H20O5. The lowest BCUT2D eigenvalue weighted by Crippen LogP contribution is -2.28. The van der Waals surface area contributed by atoms with Crippen LogP contribution in [-0.2, 0) is 23.8 Å². The van der Waals surface area contributed by atoms with Crippen molar-refractivity contribution in [2.24, 2.45) is 0 Å². The normalized spacial score (nSPS) is 10.2. The van der Waals surface area contributed by atoms with Crippen LogP contribution in [0.2, 0.25) is 0 Å². The Bertz CT molecular complexity index is 196. The van der Waals surface area contributed by atoms with E-state index in [0.29, 0.717) is 6.61 Å². The van der Waals surface area contributed by atoms with E-state index < -0.39 is 0 Å². The van der Waals surface area contributed by atoms with E-state index in [1.54, 1.807) is 0 Å². The van der Waals surface area contributed by atoms with Crippen LogP contribution in [0.15, 0.2) is 0 Å². The first kappa shape index (κ1) is 14.9. The third-order valence-corrected chi connectivity index (χ3v) is 1.80. The largest absolute Gasteiger partial charge is 0.463 e. The molecule has 0 N–H and O–H groups in total. The molecule has 0 unspecified atom stereocenters. The second kappa shape index (κ2) is 9.15. The standard InChI is InChI=1S/C11H20O5/c1-4-5-6-14-11(7-15-9(2)12)8-16-10(3)13/h11H,4-8H2,1-3H3. The third-order valence-electron chi connectivity index (χ3n) is 1.80. The predicted molar refractivity (Wildman–Crippen MR) is 57.9 cm³/mol. The number of rotatable bonds is 8. The fraction of sp³-hybridized carbons (Fsp3) is 0.818. The molecule has 16 heavy (non-hydrogen) atoms. The maximum Gasteiger partial charge on any atom is 0.302 e. The van der Waals surface area contributed by atoms with Crippen LogP contribution in [0.5, 0.6) is 0 Å². The van der Waals surface area contributed by atoms with Gasteiger partial charge in [0.2, 0.25) is 0 Å². The first-order valence-electron chi connectivity index (χ1n) is 5.44. The van der Waals surface area contributed by atoms with Crippen LogP contribution >= 0.6 is 0 Å². The summed E-state index contributed by atoms with van der Waals surface area (Å²) in [5, 5.41) is 0. The van der Waals surface area contributed by atoms with E-state index in [-0.39, 0.29) is 31.3 Å². The van der Waals surface area contributed by atoms with Crippen molar-refractivity contribution >= 4 is 11.9 Å². The molecule has 0 saturated carbocycles. The molecule has 0 bridgehead atoms. The van der Waals surface area contributed by atoms with Crippen LogP contribution < -0.4 is 0 Å². The van der Waals surface area contributed by atoms with Gasteiger partial charge in [-0.3, -0.25) is 9.59 Å². The number of hydrogen-bond donors (Lipinski definition) is 0. The molecule has 0 spiro atoms. The first-order chi connectivity index (χ1) is 7.56. The van der Waals surface area contributed by atoms with E-state index in [9.17, 15) is 9.59 Å². The number of carbonyl (C=O) groups excluding carboxylic acids is 2. The quantitative estimate of drug-likeness (QED) is 0.466. The number of unbranched alkanes of at least 4 members (excludes halogenated alkanes) is 1. The van der Waals surface area contributed by atoms with Gasteiger partial charge in [0.05, 0.1) is 0 Å². The van der Waals surface area contributed by atoms with E-state index in [1.165, 1.54) is 13.8 Å². The Kier molecular flexibility index (Phi) is 8.52. The summed E-state index contributed by atoms with van der Waals surface area (Å²) in [5.41, 5.74) is 0. The van der Waals surface area contributed by atoms with E-state index >= 15 is 0 Å². The summed E-state index contributed by atoms with van der Waals surface area (Å²) < 4.78 is 15.1. The molecular weight excluding hydrogens is 212 g/mol. The molecule has 0 rings (SSSR count). The Balaban J connectivity index is 3.84. The number of carbonyl (C=O) groups is 2. The van der Waals surface area contributed by atoms with Gasteiger partial charge in [-0.2, -0.15) is 0 Å². The fourth-order valence-corrected chi connectivity index (χ4v) is 0.959. The Morgan fingerprint density at radius 2 is 1.56 bits per heavy atom. The monoisotopic (exact) mass is 232 g/mol. The lowest BCUT2D eigenvalue weighted by Gasteiger charge is -2.17. The average Bonchev–Trinajstić information content (AvgIpc) is 2.21. The van der Waals surface area contributed by atoms with Crippen molar-refractivity contribution in [2.75, 3.05) is 19.8 Å². The molecule has 0 radical (unpaired) electrons. The highest BCUT2D eigenvalue weighted by atomic mass is 16.6. The van der Waals surface area contributed by atoms with Crippen LogP contribution in [0.4, 0.5) is 0 Å². The van der Waals surface area contributed by atoms with Crippen molar-refractivity contribution < 1.29 is 23.8 Å². The zero-order valence-electron chi connectivity index (χ0n) is 10.2. The van der Waals surface area contributed by atoms with Crippen molar-refractivity contribution in [1.82, 2.24) is 0 Å². The van der Waals surface area contributed by atoms with Gasteiger partial charge < -0.3 is 14.2 Å². The topological polar surface area (TPSA) is 61.8 Å². The van der Waals surface area contributed by atoms with Gasteiger partial charge in [-0.05, 0) is 6.42 Å². The van der Waals surface area contributed by atoms with E-state index in [4.69, 9.17) is 14.2 Å². The van der Waals surface area contributed by atoms with Crippen LogP contribution in [0.3, 0.4) is 0 Å². The number of hydrogen-bond acceptors (Lipinski definition) is 5. The summed E-state index contributed by atoms with van der Waals surface area (Å²) in [6.45, 7) is 5.52. The van der Waals surface area contributed by atoms with Gasteiger partial charge >= 0.3 is 11.9 Å². The summed E-state index contributed by atoms with van der Waals surface area (Å²) in [4.78, 5) is 21.3. The Labute approximate surface area is 96.1 Å². The summed E-state index contributed by atoms with van der Waals surface area (Å²) in [5.74, 6) is -0.737. The van der Waals surface area contributed by atoms with E-state index in [0.717, 1.165) is 12.8 Å². The SMILES string of the molecule is CCCCOC(COC(C)=O)COC(C)=O. The molecule has 94 valence electrons. The summed E-state index contributed by atoms with van der Waals surface area (Å²) in [6, 6.07) is 0. The van der Waals surface area contributed by atoms with Crippen molar-refractivity contribution in [1.29, 1.82) is 0 Å². The van der Waals surface area contributed by atoms with Crippen molar-refractivity contribution in [3.05, 3.63) is 0 Å². The zero-order valence-corrected chi connectivity index (χ0v) is 10.2. The summed E-state index contributed by atoms with van der Waals surface area (Å²) in [6.07, 6.45) is 1.57. The lowest BCUT2D eigenvalue weighted by atomic mass is 10.3. The van der Waals surface area contributed by atoms with Gasteiger partial charge in [0.15, 0.2) is 0 Å². The Hall–Kier alpha value is -1.10. The van der Waals surface area contributed by atoms with Crippen molar-refractivity contribution in [3.63, 3.8) is 0 Å². The molecule has 0 aliphatic heterocycles. The van der Waals surface area contributed by atoms with Crippen molar-refractivity contribution in [3.8, 4) is 0 Å². The van der Waals surface area contributed by atoms with Gasteiger partial charge in [-0.15, -0.1) is 0 Å². The number of ether oxygens (including phenoxy) is 3. The van der Waals surface area contributed by atoms with Gasteiger partial charge in [0.1, 0.15) is 19.3 Å². The average molecular weight is 232 g/mol. The molecule has 0 aromatic rings. The summed E-state index contributed by atoms with van der Waals surface area (Å²) >= 11 is 0. The van der Waals surface area contributed by atoms with E-state index in [1.807, 2.05) is 0 Å². The molecule has 0 aromatic heterocycles. The highest BCUT2D eigenvalue weighted by molar-refractivity contribution is 5.66. The van der Waals surface area contributed by atoms with Crippen LogP contribution in [-0.4, -0.2) is 37.9 Å². The van der Waals surface area contributed by atoms with Crippen LogP contribution in [0.1, 0.15) is 33.6 Å². The minimum absolute atomic E-state index is 0.117. The third kappa shape index (κ3) is 9.45. The lowest BCUT2D eigenvalue weighted by molar-refractivity contribution is -0.152. The highest BCUT2D eigenvalue weighted by Crippen LogP contribution is 1.99. The van der Waals surface area contributed by atoms with E-state index in [2.05, 4.69) is 6.92 Å². The maximum atomic E-state index is 10.6. The minimum atomic E-state index is -0.376. The molecule has 0 aliphatic carbocycles. The van der Waals surface area contributed by atoms with Gasteiger partial charge in [-0.25, -0.2) is 0 Å². The number of esters is 2. The molecule has 0 saturated heterocycles. The zero-order chi connectivity index (χ0) is 12.4.